The van der Waals surface area contributed by atoms with Crippen LogP contribution in [0.2, 0.25) is 0 Å². The van der Waals surface area contributed by atoms with Crippen LogP contribution in [0.1, 0.15) is 51.7 Å². The molecule has 0 bridgehead atoms. The van der Waals surface area contributed by atoms with E-state index >= 15 is 0 Å². The van der Waals surface area contributed by atoms with Gasteiger partial charge < -0.3 is 14.4 Å². The molecule has 0 aromatic carbocycles. The highest BCUT2D eigenvalue weighted by molar-refractivity contribution is 7.11. The fourth-order valence-corrected chi connectivity index (χ4v) is 3.68. The molecule has 1 N–H and O–H groups in total. The first-order chi connectivity index (χ1) is 12.3. The Morgan fingerprint density at radius 2 is 2.04 bits per heavy atom. The second-order valence-corrected chi connectivity index (χ2v) is 8.33. The lowest BCUT2D eigenvalue weighted by molar-refractivity contribution is 0.0703. The third-order valence-corrected chi connectivity index (χ3v) is 5.17. The summed E-state index contributed by atoms with van der Waals surface area (Å²) >= 11 is 1.60. The van der Waals surface area contributed by atoms with Crippen molar-refractivity contribution < 1.29 is 14.3 Å². The quantitative estimate of drug-likeness (QED) is 0.764. The Morgan fingerprint density at radius 3 is 2.58 bits per heavy atom. The summed E-state index contributed by atoms with van der Waals surface area (Å²) in [5, 5.41) is 9.33. The molecular weight excluding hydrogens is 350 g/mol. The topological polar surface area (TPSA) is 70.8 Å². The molecule has 0 aliphatic rings. The van der Waals surface area contributed by atoms with Gasteiger partial charge in [0.25, 0.3) is 5.91 Å². The van der Waals surface area contributed by atoms with E-state index in [2.05, 4.69) is 13.8 Å². The minimum absolute atomic E-state index is 0.0556. The molecule has 26 heavy (non-hydrogen) atoms. The van der Waals surface area contributed by atoms with Crippen LogP contribution in [0.25, 0.3) is 0 Å². The summed E-state index contributed by atoms with van der Waals surface area (Å²) in [5.74, 6) is 0.725. The fraction of sp³-hybridized carbons (Fsp3) is 0.500. The van der Waals surface area contributed by atoms with Gasteiger partial charge in [0, 0.05) is 22.7 Å². The standard InChI is InChI=1S/C20H27NO4S/c1-13(2)5-7-16-11-14(3)18(20(24)25-16)19(23)21(9-10-22)12-17-8-6-15(4)26-17/h6,8,11,13,22H,5,7,9-10,12H2,1-4H3. The third-order valence-electron chi connectivity index (χ3n) is 4.18. The molecule has 2 aromatic heterocycles. The number of nitrogens with zero attached hydrogens (tertiary/aromatic N) is 1. The summed E-state index contributed by atoms with van der Waals surface area (Å²) in [5.41, 5.74) is 0.0781. The average molecular weight is 378 g/mol. The molecular formula is C20H27NO4S. The van der Waals surface area contributed by atoms with Crippen molar-refractivity contribution in [2.75, 3.05) is 13.2 Å². The van der Waals surface area contributed by atoms with Gasteiger partial charge in [-0.05, 0) is 49.9 Å². The van der Waals surface area contributed by atoms with E-state index in [9.17, 15) is 14.7 Å². The maximum atomic E-state index is 12.9. The number of hydrogen-bond acceptors (Lipinski definition) is 5. The first kappa shape index (κ1) is 20.4. The van der Waals surface area contributed by atoms with Crippen LogP contribution in [0.5, 0.6) is 0 Å². The monoisotopic (exact) mass is 377 g/mol. The molecule has 2 rings (SSSR count). The van der Waals surface area contributed by atoms with Gasteiger partial charge in [-0.15, -0.1) is 11.3 Å². The lowest BCUT2D eigenvalue weighted by Crippen LogP contribution is -2.36. The van der Waals surface area contributed by atoms with E-state index in [1.807, 2.05) is 19.1 Å². The highest BCUT2D eigenvalue weighted by Crippen LogP contribution is 2.19. The summed E-state index contributed by atoms with van der Waals surface area (Å²) in [4.78, 5) is 29.0. The number of aliphatic hydroxyl groups is 1. The van der Waals surface area contributed by atoms with Gasteiger partial charge in [-0.1, -0.05) is 13.8 Å². The number of carbonyl (C=O) groups is 1. The highest BCUT2D eigenvalue weighted by atomic mass is 32.1. The molecule has 0 saturated carbocycles. The molecule has 142 valence electrons. The Labute approximate surface area is 158 Å². The summed E-state index contributed by atoms with van der Waals surface area (Å²) in [6, 6.07) is 5.73. The van der Waals surface area contributed by atoms with E-state index in [4.69, 9.17) is 4.42 Å². The van der Waals surface area contributed by atoms with Gasteiger partial charge >= 0.3 is 5.63 Å². The molecule has 2 aromatic rings. The van der Waals surface area contributed by atoms with Crippen LogP contribution in [0.3, 0.4) is 0 Å². The number of amides is 1. The largest absolute Gasteiger partial charge is 0.427 e. The molecule has 0 atom stereocenters. The Balaban J connectivity index is 2.25. The smallest absolute Gasteiger partial charge is 0.349 e. The second kappa shape index (κ2) is 9.14. The van der Waals surface area contributed by atoms with E-state index in [1.54, 1.807) is 24.3 Å². The summed E-state index contributed by atoms with van der Waals surface area (Å²) in [6.45, 7) is 8.36. The molecule has 1 amide bonds. The zero-order valence-corrected chi connectivity index (χ0v) is 16.7. The Kier molecular flexibility index (Phi) is 7.17. The molecule has 2 heterocycles. The molecule has 6 heteroatoms. The number of carbonyl (C=O) groups excluding carboxylic acids is 1. The van der Waals surface area contributed by atoms with Crippen molar-refractivity contribution in [3.8, 4) is 0 Å². The van der Waals surface area contributed by atoms with Crippen LogP contribution in [0.4, 0.5) is 0 Å². The molecule has 0 unspecified atom stereocenters. The van der Waals surface area contributed by atoms with Gasteiger partial charge in [0.05, 0.1) is 13.2 Å². The van der Waals surface area contributed by atoms with Crippen molar-refractivity contribution in [1.29, 1.82) is 0 Å². The lowest BCUT2D eigenvalue weighted by atomic mass is 10.0. The van der Waals surface area contributed by atoms with Crippen LogP contribution in [0, 0.1) is 19.8 Å². The molecule has 0 aliphatic carbocycles. The normalized spacial score (nSPS) is 11.2. The van der Waals surface area contributed by atoms with E-state index in [0.29, 0.717) is 30.2 Å². The van der Waals surface area contributed by atoms with Gasteiger partial charge in [-0.2, -0.15) is 0 Å². The van der Waals surface area contributed by atoms with Crippen molar-refractivity contribution in [3.63, 3.8) is 0 Å². The van der Waals surface area contributed by atoms with E-state index < -0.39 is 11.5 Å². The third kappa shape index (κ3) is 5.29. The Hall–Kier alpha value is -1.92. The minimum Gasteiger partial charge on any atom is -0.427 e. The SMILES string of the molecule is Cc1ccc(CN(CCO)C(=O)c2c(C)cc(CCC(C)C)oc2=O)s1. The second-order valence-electron chi connectivity index (χ2n) is 6.95. The molecule has 5 nitrogen and oxygen atoms in total. The number of rotatable bonds is 8. The van der Waals surface area contributed by atoms with E-state index in [-0.39, 0.29) is 18.7 Å². The van der Waals surface area contributed by atoms with Crippen LogP contribution in [-0.2, 0) is 13.0 Å². The predicted octanol–water partition coefficient (Wildman–Crippen LogP) is 3.54. The molecule has 0 aliphatic heterocycles. The van der Waals surface area contributed by atoms with Gasteiger partial charge in [0.15, 0.2) is 0 Å². The first-order valence-corrected chi connectivity index (χ1v) is 9.72. The zero-order valence-electron chi connectivity index (χ0n) is 15.9. The zero-order chi connectivity index (χ0) is 19.3. The van der Waals surface area contributed by atoms with Gasteiger partial charge in [-0.3, -0.25) is 4.79 Å². The summed E-state index contributed by atoms with van der Waals surface area (Å²) in [6.07, 6.45) is 1.60. The molecule has 0 radical (unpaired) electrons. The van der Waals surface area contributed by atoms with Gasteiger partial charge in [0.2, 0.25) is 0 Å². The fourth-order valence-electron chi connectivity index (χ4n) is 2.77. The van der Waals surface area contributed by atoms with Crippen LogP contribution in [0.15, 0.2) is 27.4 Å². The number of hydrogen-bond donors (Lipinski definition) is 1. The van der Waals surface area contributed by atoms with E-state index in [0.717, 1.165) is 16.2 Å². The number of aryl methyl sites for hydroxylation is 3. The lowest BCUT2D eigenvalue weighted by Gasteiger charge is -2.21. The van der Waals surface area contributed by atoms with Crippen molar-refractivity contribution in [2.24, 2.45) is 5.92 Å². The van der Waals surface area contributed by atoms with Crippen LogP contribution in [-0.4, -0.2) is 29.1 Å². The maximum absolute atomic E-state index is 12.9. The maximum Gasteiger partial charge on any atom is 0.349 e. The van der Waals surface area contributed by atoms with Crippen molar-refractivity contribution in [2.45, 2.75) is 47.1 Å². The summed E-state index contributed by atoms with van der Waals surface area (Å²) in [7, 11) is 0. The number of aliphatic hydroxyl groups excluding tert-OH is 1. The van der Waals surface area contributed by atoms with Crippen LogP contribution >= 0.6 is 11.3 Å². The number of thiophene rings is 1. The van der Waals surface area contributed by atoms with Gasteiger partial charge in [0.1, 0.15) is 11.3 Å². The predicted molar refractivity (Wildman–Crippen MR) is 104 cm³/mol. The van der Waals surface area contributed by atoms with Crippen LogP contribution < -0.4 is 5.63 Å². The Morgan fingerprint density at radius 1 is 1.31 bits per heavy atom. The van der Waals surface area contributed by atoms with Gasteiger partial charge in [-0.25, -0.2) is 4.79 Å². The summed E-state index contributed by atoms with van der Waals surface area (Å²) < 4.78 is 5.38. The highest BCUT2D eigenvalue weighted by Gasteiger charge is 2.23. The minimum atomic E-state index is -0.598. The molecule has 0 spiro atoms. The molecule has 0 fully saturated rings. The first-order valence-electron chi connectivity index (χ1n) is 8.91. The Bertz CT molecular complexity index is 806. The van der Waals surface area contributed by atoms with E-state index in [1.165, 1.54) is 4.90 Å². The average Bonchev–Trinajstić information content (AvgIpc) is 2.97. The molecule has 0 saturated heterocycles. The van der Waals surface area contributed by atoms with Crippen molar-refractivity contribution in [3.05, 3.63) is 55.3 Å². The van der Waals surface area contributed by atoms with Crippen molar-refractivity contribution >= 4 is 17.2 Å². The van der Waals surface area contributed by atoms with Crippen molar-refractivity contribution in [1.82, 2.24) is 4.90 Å².